The van der Waals surface area contributed by atoms with Crippen molar-refractivity contribution in [3.63, 3.8) is 0 Å². The Labute approximate surface area is 129 Å². The molecule has 22 heavy (non-hydrogen) atoms. The number of carbonyl (C=O) groups is 1. The number of nitrogens with zero attached hydrogens (tertiary/aromatic N) is 1. The van der Waals surface area contributed by atoms with Crippen molar-refractivity contribution in [1.29, 1.82) is 0 Å². The van der Waals surface area contributed by atoms with Gasteiger partial charge in [0.25, 0.3) is 0 Å². The highest BCUT2D eigenvalue weighted by molar-refractivity contribution is 5.77. The number of carbonyl (C=O) groups excluding carboxylic acids is 1. The maximum absolute atomic E-state index is 11.9. The van der Waals surface area contributed by atoms with E-state index in [0.717, 1.165) is 36.9 Å². The largest absolute Gasteiger partial charge is 0.389 e. The number of hydrogen-bond donors (Lipinski definition) is 3. The molecule has 3 rings (SSSR count). The van der Waals surface area contributed by atoms with E-state index in [2.05, 4.69) is 15.3 Å². The number of benzene rings is 1. The van der Waals surface area contributed by atoms with Gasteiger partial charge in [-0.1, -0.05) is 43.2 Å². The molecule has 0 saturated heterocycles. The molecule has 0 spiro atoms. The van der Waals surface area contributed by atoms with Crippen LogP contribution < -0.4 is 5.32 Å². The number of nitrogens with one attached hydrogen (secondary N) is 2. The Morgan fingerprint density at radius 2 is 2.00 bits per heavy atom. The third-order valence-electron chi connectivity index (χ3n) is 4.19. The van der Waals surface area contributed by atoms with Crippen LogP contribution in [-0.4, -0.2) is 26.6 Å². The number of aromatic amines is 1. The zero-order valence-electron chi connectivity index (χ0n) is 12.5. The molecule has 1 amide bonds. The van der Waals surface area contributed by atoms with Gasteiger partial charge in [0.15, 0.2) is 0 Å². The first-order chi connectivity index (χ1) is 10.6. The van der Waals surface area contributed by atoms with Crippen molar-refractivity contribution < 1.29 is 9.90 Å². The van der Waals surface area contributed by atoms with Crippen LogP contribution in [0.25, 0.3) is 11.3 Å². The van der Waals surface area contributed by atoms with Gasteiger partial charge in [0.05, 0.1) is 30.5 Å². The van der Waals surface area contributed by atoms with Gasteiger partial charge < -0.3 is 15.4 Å². The molecule has 1 aromatic carbocycles. The van der Waals surface area contributed by atoms with Crippen molar-refractivity contribution in [3.05, 3.63) is 42.4 Å². The van der Waals surface area contributed by atoms with Gasteiger partial charge in [-0.3, -0.25) is 4.79 Å². The van der Waals surface area contributed by atoms with Crippen LogP contribution in [0.1, 0.15) is 37.9 Å². The summed E-state index contributed by atoms with van der Waals surface area (Å²) in [5.74, 6) is 0.590. The summed E-state index contributed by atoms with van der Waals surface area (Å²) in [4.78, 5) is 19.4. The molecule has 0 atom stereocenters. The van der Waals surface area contributed by atoms with E-state index in [-0.39, 0.29) is 12.3 Å². The first kappa shape index (κ1) is 14.8. The Morgan fingerprint density at radius 3 is 2.73 bits per heavy atom. The molecular weight excluding hydrogens is 278 g/mol. The molecule has 1 aliphatic rings. The molecule has 1 fully saturated rings. The molecule has 1 aliphatic carbocycles. The molecule has 5 heteroatoms. The lowest BCUT2D eigenvalue weighted by Crippen LogP contribution is -2.34. The Hall–Kier alpha value is -2.14. The number of imidazole rings is 1. The number of rotatable bonds is 5. The minimum absolute atomic E-state index is 0.123. The second-order valence-electron chi connectivity index (χ2n) is 5.99. The normalized spacial score (nSPS) is 16.6. The molecule has 5 nitrogen and oxygen atoms in total. The number of amides is 1. The molecule has 116 valence electrons. The summed E-state index contributed by atoms with van der Waals surface area (Å²) in [5.41, 5.74) is 1.19. The molecule has 2 aromatic rings. The van der Waals surface area contributed by atoms with E-state index in [4.69, 9.17) is 0 Å². The number of aromatic nitrogens is 2. The Morgan fingerprint density at radius 1 is 1.27 bits per heavy atom. The molecule has 1 heterocycles. The van der Waals surface area contributed by atoms with E-state index in [9.17, 15) is 9.90 Å². The standard InChI is InChI=1S/C17H21N3O2/c21-16(10-17(22)8-4-5-9-17)19-12-15-18-11-14(20-15)13-6-2-1-3-7-13/h1-3,6-7,11,22H,4-5,8-10,12H2,(H,18,20)(H,19,21). The van der Waals surface area contributed by atoms with Gasteiger partial charge in [-0.25, -0.2) is 4.98 Å². The van der Waals surface area contributed by atoms with Crippen LogP contribution in [0.3, 0.4) is 0 Å². The van der Waals surface area contributed by atoms with Crippen LogP contribution in [0.4, 0.5) is 0 Å². The maximum Gasteiger partial charge on any atom is 0.223 e. The van der Waals surface area contributed by atoms with Crippen molar-refractivity contribution in [2.45, 2.75) is 44.2 Å². The van der Waals surface area contributed by atoms with Crippen LogP contribution in [0.5, 0.6) is 0 Å². The molecule has 3 N–H and O–H groups in total. The molecule has 1 aromatic heterocycles. The second-order valence-corrected chi connectivity index (χ2v) is 5.99. The van der Waals surface area contributed by atoms with Gasteiger partial charge >= 0.3 is 0 Å². The Bertz CT molecular complexity index is 630. The van der Waals surface area contributed by atoms with Gasteiger partial charge in [-0.2, -0.15) is 0 Å². The van der Waals surface area contributed by atoms with Gasteiger partial charge in [0.2, 0.25) is 5.91 Å². The van der Waals surface area contributed by atoms with Crippen molar-refractivity contribution in [2.24, 2.45) is 0 Å². The van der Waals surface area contributed by atoms with Crippen molar-refractivity contribution in [3.8, 4) is 11.3 Å². The van der Waals surface area contributed by atoms with Crippen LogP contribution in [0.2, 0.25) is 0 Å². The fourth-order valence-electron chi connectivity index (χ4n) is 2.97. The van der Waals surface area contributed by atoms with Crippen LogP contribution in [0.15, 0.2) is 36.5 Å². The minimum Gasteiger partial charge on any atom is -0.389 e. The Kier molecular flexibility index (Phi) is 4.24. The van der Waals surface area contributed by atoms with Gasteiger partial charge in [0.1, 0.15) is 5.82 Å². The SMILES string of the molecule is O=C(CC1(O)CCCC1)NCc1ncc(-c2ccccc2)[nH]1. The highest BCUT2D eigenvalue weighted by Crippen LogP contribution is 2.32. The highest BCUT2D eigenvalue weighted by Gasteiger charge is 2.33. The highest BCUT2D eigenvalue weighted by atomic mass is 16.3. The van der Waals surface area contributed by atoms with Gasteiger partial charge in [-0.05, 0) is 18.4 Å². The predicted octanol–water partition coefficient (Wildman–Crippen LogP) is 2.39. The predicted molar refractivity (Wildman–Crippen MR) is 83.9 cm³/mol. The average molecular weight is 299 g/mol. The van der Waals surface area contributed by atoms with E-state index in [0.29, 0.717) is 12.4 Å². The molecule has 0 aliphatic heterocycles. The number of hydrogen-bond acceptors (Lipinski definition) is 3. The fraction of sp³-hybridized carbons (Fsp3) is 0.412. The van der Waals surface area contributed by atoms with E-state index >= 15 is 0 Å². The van der Waals surface area contributed by atoms with E-state index in [1.54, 1.807) is 6.20 Å². The van der Waals surface area contributed by atoms with Crippen molar-refractivity contribution in [2.75, 3.05) is 0 Å². The first-order valence-corrected chi connectivity index (χ1v) is 7.73. The third-order valence-corrected chi connectivity index (χ3v) is 4.19. The molecule has 0 unspecified atom stereocenters. The quantitative estimate of drug-likeness (QED) is 0.793. The zero-order chi connectivity index (χ0) is 15.4. The van der Waals surface area contributed by atoms with Crippen LogP contribution in [-0.2, 0) is 11.3 Å². The number of H-pyrrole nitrogens is 1. The lowest BCUT2D eigenvalue weighted by molar-refractivity contribution is -0.126. The summed E-state index contributed by atoms with van der Waals surface area (Å²) >= 11 is 0. The van der Waals surface area contributed by atoms with Crippen LogP contribution in [0, 0.1) is 0 Å². The van der Waals surface area contributed by atoms with Gasteiger partial charge in [0, 0.05) is 0 Å². The molecule has 1 saturated carbocycles. The lowest BCUT2D eigenvalue weighted by atomic mass is 9.98. The summed E-state index contributed by atoms with van der Waals surface area (Å²) in [6.07, 6.45) is 5.39. The summed E-state index contributed by atoms with van der Waals surface area (Å²) in [6, 6.07) is 9.92. The first-order valence-electron chi connectivity index (χ1n) is 7.73. The van der Waals surface area contributed by atoms with Crippen molar-refractivity contribution >= 4 is 5.91 Å². The lowest BCUT2D eigenvalue weighted by Gasteiger charge is -2.20. The summed E-state index contributed by atoms with van der Waals surface area (Å²) in [7, 11) is 0. The smallest absolute Gasteiger partial charge is 0.223 e. The maximum atomic E-state index is 11.9. The van der Waals surface area contributed by atoms with Crippen LogP contribution >= 0.6 is 0 Å². The second kappa shape index (κ2) is 6.32. The number of aliphatic hydroxyl groups is 1. The summed E-state index contributed by atoms with van der Waals surface area (Å²) in [5, 5.41) is 13.1. The third kappa shape index (κ3) is 3.54. The zero-order valence-corrected chi connectivity index (χ0v) is 12.5. The van der Waals surface area contributed by atoms with E-state index in [1.165, 1.54) is 0 Å². The molecule has 0 radical (unpaired) electrons. The van der Waals surface area contributed by atoms with E-state index in [1.807, 2.05) is 30.3 Å². The Balaban J connectivity index is 1.54. The average Bonchev–Trinajstić information content (AvgIpc) is 3.15. The summed E-state index contributed by atoms with van der Waals surface area (Å²) in [6.45, 7) is 0.349. The molecule has 0 bridgehead atoms. The van der Waals surface area contributed by atoms with Gasteiger partial charge in [-0.15, -0.1) is 0 Å². The fourth-order valence-corrected chi connectivity index (χ4v) is 2.97. The summed E-state index contributed by atoms with van der Waals surface area (Å²) < 4.78 is 0. The monoisotopic (exact) mass is 299 g/mol. The van der Waals surface area contributed by atoms with E-state index < -0.39 is 5.60 Å². The van der Waals surface area contributed by atoms with Crippen molar-refractivity contribution in [1.82, 2.24) is 15.3 Å². The minimum atomic E-state index is -0.803. The topological polar surface area (TPSA) is 78.0 Å². The molecular formula is C17H21N3O2.